The monoisotopic (exact) mass is 450 g/mol. The molecule has 1 fully saturated rings. The van der Waals surface area contributed by atoms with Crippen LogP contribution in [-0.4, -0.2) is 35.0 Å². The molecule has 2 heterocycles. The van der Waals surface area contributed by atoms with Crippen molar-refractivity contribution < 1.29 is 28.2 Å². The van der Waals surface area contributed by atoms with Crippen LogP contribution in [0.4, 0.5) is 4.79 Å². The van der Waals surface area contributed by atoms with Gasteiger partial charge in [-0.3, -0.25) is 4.79 Å². The maximum absolute atomic E-state index is 12.6. The van der Waals surface area contributed by atoms with Gasteiger partial charge in [0.25, 0.3) is 5.91 Å². The van der Waals surface area contributed by atoms with E-state index in [-0.39, 0.29) is 12.5 Å². The van der Waals surface area contributed by atoms with Gasteiger partial charge in [0.2, 0.25) is 12.0 Å². The van der Waals surface area contributed by atoms with Gasteiger partial charge in [0, 0.05) is 17.7 Å². The van der Waals surface area contributed by atoms with E-state index in [1.165, 1.54) is 0 Å². The molecular weight excluding hydrogens is 424 g/mol. The average molecular weight is 450 g/mol. The standard InChI is InChI=1S/C25H26N2O6/c1-4-13-27-24(28)22(33-25(27)29)18-11-12-20(21(14-18)30-5-2)31-15-19-16(3)32-23(26-19)17-9-7-6-8-10-17/h6-12,14,22H,4-5,13,15H2,1-3H3. The first-order valence-corrected chi connectivity index (χ1v) is 10.9. The summed E-state index contributed by atoms with van der Waals surface area (Å²) in [7, 11) is 0. The van der Waals surface area contributed by atoms with E-state index < -0.39 is 12.2 Å². The molecular formula is C25H26N2O6. The highest BCUT2D eigenvalue weighted by atomic mass is 16.6. The summed E-state index contributed by atoms with van der Waals surface area (Å²) in [6.45, 7) is 6.51. The first-order chi connectivity index (χ1) is 16.0. The second-order valence-corrected chi connectivity index (χ2v) is 7.57. The van der Waals surface area contributed by atoms with Crippen LogP contribution < -0.4 is 9.47 Å². The summed E-state index contributed by atoms with van der Waals surface area (Å²) in [5.74, 6) is 1.78. The van der Waals surface area contributed by atoms with E-state index in [9.17, 15) is 9.59 Å². The third-order valence-corrected chi connectivity index (χ3v) is 5.22. The maximum atomic E-state index is 12.6. The fraction of sp³-hybridized carbons (Fsp3) is 0.320. The minimum absolute atomic E-state index is 0.184. The van der Waals surface area contributed by atoms with Crippen molar-refractivity contribution >= 4 is 12.0 Å². The van der Waals surface area contributed by atoms with Crippen molar-refractivity contribution in [3.05, 3.63) is 65.5 Å². The molecule has 1 aliphatic rings. The highest BCUT2D eigenvalue weighted by molar-refractivity contribution is 6.00. The molecule has 1 unspecified atom stereocenters. The Kier molecular flexibility index (Phi) is 6.63. The van der Waals surface area contributed by atoms with Crippen molar-refractivity contribution in [3.8, 4) is 23.0 Å². The molecule has 2 amide bonds. The minimum atomic E-state index is -0.983. The highest BCUT2D eigenvalue weighted by Gasteiger charge is 2.41. The summed E-state index contributed by atoms with van der Waals surface area (Å²) in [4.78, 5) is 30.3. The zero-order valence-corrected chi connectivity index (χ0v) is 18.9. The Hall–Kier alpha value is -3.81. The Morgan fingerprint density at radius 1 is 1.03 bits per heavy atom. The second kappa shape index (κ2) is 9.77. The van der Waals surface area contributed by atoms with E-state index in [0.717, 1.165) is 10.5 Å². The van der Waals surface area contributed by atoms with Gasteiger partial charge in [-0.1, -0.05) is 31.2 Å². The third kappa shape index (κ3) is 4.69. The van der Waals surface area contributed by atoms with Gasteiger partial charge in [0.05, 0.1) is 6.61 Å². The molecule has 0 bridgehead atoms. The molecule has 172 valence electrons. The highest BCUT2D eigenvalue weighted by Crippen LogP contribution is 2.35. The van der Waals surface area contributed by atoms with Gasteiger partial charge in [-0.2, -0.15) is 0 Å². The lowest BCUT2D eigenvalue weighted by Gasteiger charge is -2.14. The van der Waals surface area contributed by atoms with E-state index in [0.29, 0.717) is 54.0 Å². The second-order valence-electron chi connectivity index (χ2n) is 7.57. The van der Waals surface area contributed by atoms with Crippen LogP contribution >= 0.6 is 0 Å². The van der Waals surface area contributed by atoms with Crippen molar-refractivity contribution in [1.29, 1.82) is 0 Å². The summed E-state index contributed by atoms with van der Waals surface area (Å²) < 4.78 is 22.8. The lowest BCUT2D eigenvalue weighted by atomic mass is 10.1. The number of aromatic nitrogens is 1. The van der Waals surface area contributed by atoms with Crippen LogP contribution in [-0.2, 0) is 16.1 Å². The Balaban J connectivity index is 1.52. The van der Waals surface area contributed by atoms with Crippen LogP contribution in [0.5, 0.6) is 11.5 Å². The first kappa shape index (κ1) is 22.4. The summed E-state index contributed by atoms with van der Waals surface area (Å²) in [5, 5.41) is 0. The predicted molar refractivity (Wildman–Crippen MR) is 120 cm³/mol. The number of hydrogen-bond donors (Lipinski definition) is 0. The number of nitrogens with zero attached hydrogens (tertiary/aromatic N) is 2. The summed E-state index contributed by atoms with van der Waals surface area (Å²) >= 11 is 0. The molecule has 1 saturated heterocycles. The van der Waals surface area contributed by atoms with Crippen molar-refractivity contribution in [2.24, 2.45) is 0 Å². The van der Waals surface area contributed by atoms with Crippen LogP contribution in [0.3, 0.4) is 0 Å². The maximum Gasteiger partial charge on any atom is 0.417 e. The van der Waals surface area contributed by atoms with Gasteiger partial charge in [-0.15, -0.1) is 0 Å². The predicted octanol–water partition coefficient (Wildman–Crippen LogP) is 5.06. The lowest BCUT2D eigenvalue weighted by Crippen LogP contribution is -2.30. The number of carbonyl (C=O) groups is 2. The van der Waals surface area contributed by atoms with Crippen molar-refractivity contribution in [3.63, 3.8) is 0 Å². The third-order valence-electron chi connectivity index (χ3n) is 5.22. The van der Waals surface area contributed by atoms with Gasteiger partial charge in [0.1, 0.15) is 18.1 Å². The van der Waals surface area contributed by atoms with Crippen LogP contribution in [0.25, 0.3) is 11.5 Å². The summed E-state index contributed by atoms with van der Waals surface area (Å²) in [6.07, 6.45) is -0.942. The molecule has 0 aliphatic carbocycles. The molecule has 8 nitrogen and oxygen atoms in total. The van der Waals surface area contributed by atoms with Crippen LogP contribution in [0, 0.1) is 6.92 Å². The summed E-state index contributed by atoms with van der Waals surface area (Å²) in [6, 6.07) is 14.7. The zero-order chi connectivity index (χ0) is 23.4. The van der Waals surface area contributed by atoms with Gasteiger partial charge in [0.15, 0.2) is 11.5 Å². The van der Waals surface area contributed by atoms with Crippen molar-refractivity contribution in [2.45, 2.75) is 39.9 Å². The van der Waals surface area contributed by atoms with Crippen molar-refractivity contribution in [2.75, 3.05) is 13.2 Å². The number of cyclic esters (lactones) is 1. The topological polar surface area (TPSA) is 91.1 Å². The number of hydrogen-bond acceptors (Lipinski definition) is 7. The van der Waals surface area contributed by atoms with Crippen LogP contribution in [0.2, 0.25) is 0 Å². The first-order valence-electron chi connectivity index (χ1n) is 10.9. The number of carbonyl (C=O) groups excluding carboxylic acids is 2. The van der Waals surface area contributed by atoms with E-state index >= 15 is 0 Å². The molecule has 1 aliphatic heterocycles. The average Bonchev–Trinajstić information content (AvgIpc) is 3.33. The molecule has 2 aromatic carbocycles. The SMILES string of the molecule is CCCN1C(=O)OC(c2ccc(OCc3nc(-c4ccccc4)oc3C)c(OCC)c2)C1=O. The normalized spacial score (nSPS) is 15.6. The van der Waals surface area contributed by atoms with Gasteiger partial charge >= 0.3 is 6.09 Å². The molecule has 0 radical (unpaired) electrons. The molecule has 0 saturated carbocycles. The molecule has 8 heteroatoms. The number of amides is 2. The molecule has 0 N–H and O–H groups in total. The molecule has 3 aromatic rings. The fourth-order valence-electron chi connectivity index (χ4n) is 3.57. The molecule has 33 heavy (non-hydrogen) atoms. The largest absolute Gasteiger partial charge is 0.490 e. The van der Waals surface area contributed by atoms with Crippen molar-refractivity contribution in [1.82, 2.24) is 9.88 Å². The lowest BCUT2D eigenvalue weighted by molar-refractivity contribution is -0.129. The Morgan fingerprint density at radius 3 is 2.55 bits per heavy atom. The number of oxazole rings is 1. The molecule has 1 atom stereocenters. The minimum Gasteiger partial charge on any atom is -0.490 e. The number of imide groups is 1. The Morgan fingerprint density at radius 2 is 1.82 bits per heavy atom. The van der Waals surface area contributed by atoms with Crippen LogP contribution in [0.15, 0.2) is 52.9 Å². The fourth-order valence-corrected chi connectivity index (χ4v) is 3.57. The smallest absolute Gasteiger partial charge is 0.417 e. The summed E-state index contributed by atoms with van der Waals surface area (Å²) in [5.41, 5.74) is 2.10. The van der Waals surface area contributed by atoms with E-state index in [1.54, 1.807) is 18.2 Å². The zero-order valence-electron chi connectivity index (χ0n) is 18.9. The molecule has 4 rings (SSSR count). The number of rotatable bonds is 9. The number of benzene rings is 2. The van der Waals surface area contributed by atoms with E-state index in [4.69, 9.17) is 18.6 Å². The Bertz CT molecular complexity index is 1140. The number of aryl methyl sites for hydroxylation is 1. The van der Waals surface area contributed by atoms with Gasteiger partial charge in [-0.25, -0.2) is 14.7 Å². The van der Waals surface area contributed by atoms with E-state index in [2.05, 4.69) is 4.98 Å². The molecule has 0 spiro atoms. The quantitative estimate of drug-likeness (QED) is 0.450. The molecule has 1 aromatic heterocycles. The van der Waals surface area contributed by atoms with Gasteiger partial charge in [-0.05, 0) is 44.5 Å². The number of ether oxygens (including phenoxy) is 3. The van der Waals surface area contributed by atoms with E-state index in [1.807, 2.05) is 51.1 Å². The van der Waals surface area contributed by atoms with Crippen LogP contribution in [0.1, 0.15) is 43.4 Å². The van der Waals surface area contributed by atoms with Gasteiger partial charge < -0.3 is 18.6 Å². The Labute approximate surface area is 192 Å².